The number of nitrogens with zero attached hydrogens (tertiary/aromatic N) is 4. The molecule has 0 aliphatic carbocycles. The molecule has 11 heteroatoms. The standard InChI is InChI=1S/C19H16N4O6S/c1-12-2-8-15(9-3-12)30(27,28)22-16(10-11-17(22)24)19-20-18(21-29-19)13-4-6-14(7-5-13)23(25)26/h2-9,16H,10-11H2,1H3/t16-/m0/s1. The molecular weight excluding hydrogens is 412 g/mol. The number of hydrogen-bond donors (Lipinski definition) is 0. The van der Waals surface area contributed by atoms with Gasteiger partial charge in [-0.3, -0.25) is 14.9 Å². The Morgan fingerprint density at radius 3 is 2.43 bits per heavy atom. The van der Waals surface area contributed by atoms with Crippen molar-refractivity contribution in [1.82, 2.24) is 14.4 Å². The molecule has 2 heterocycles. The van der Waals surface area contributed by atoms with Gasteiger partial charge in [-0.25, -0.2) is 12.7 Å². The lowest BCUT2D eigenvalue weighted by Gasteiger charge is -2.21. The molecule has 1 aliphatic rings. The predicted octanol–water partition coefficient (Wildman–Crippen LogP) is 3.01. The van der Waals surface area contributed by atoms with Gasteiger partial charge in [-0.2, -0.15) is 4.98 Å². The summed E-state index contributed by atoms with van der Waals surface area (Å²) in [6.07, 6.45) is 0.247. The average molecular weight is 428 g/mol. The van der Waals surface area contributed by atoms with Crippen LogP contribution in [-0.4, -0.2) is 33.7 Å². The summed E-state index contributed by atoms with van der Waals surface area (Å²) in [4.78, 5) is 26.9. The van der Waals surface area contributed by atoms with E-state index in [1.165, 1.54) is 36.4 Å². The summed E-state index contributed by atoms with van der Waals surface area (Å²) < 4.78 is 32.2. The molecule has 1 aliphatic heterocycles. The van der Waals surface area contributed by atoms with E-state index in [0.29, 0.717) is 5.56 Å². The maximum atomic E-state index is 13.1. The van der Waals surface area contributed by atoms with E-state index >= 15 is 0 Å². The van der Waals surface area contributed by atoms with Crippen molar-refractivity contribution in [2.75, 3.05) is 0 Å². The van der Waals surface area contributed by atoms with E-state index in [4.69, 9.17) is 4.52 Å². The number of nitro groups is 1. The second-order valence-electron chi connectivity index (χ2n) is 6.82. The van der Waals surface area contributed by atoms with Gasteiger partial charge in [0, 0.05) is 24.1 Å². The molecule has 0 radical (unpaired) electrons. The Morgan fingerprint density at radius 2 is 1.80 bits per heavy atom. The van der Waals surface area contributed by atoms with Crippen LogP contribution in [0.3, 0.4) is 0 Å². The second-order valence-corrected chi connectivity index (χ2v) is 8.64. The molecule has 154 valence electrons. The monoisotopic (exact) mass is 428 g/mol. The van der Waals surface area contributed by atoms with Crippen molar-refractivity contribution in [3.05, 3.63) is 70.1 Å². The summed E-state index contributed by atoms with van der Waals surface area (Å²) >= 11 is 0. The zero-order valence-electron chi connectivity index (χ0n) is 15.8. The van der Waals surface area contributed by atoms with Gasteiger partial charge in [0.2, 0.25) is 11.7 Å². The highest BCUT2D eigenvalue weighted by Gasteiger charge is 2.44. The molecule has 2 aromatic carbocycles. The van der Waals surface area contributed by atoms with E-state index in [1.807, 2.05) is 6.92 Å². The van der Waals surface area contributed by atoms with Crippen LogP contribution in [0.2, 0.25) is 0 Å². The highest BCUT2D eigenvalue weighted by molar-refractivity contribution is 7.89. The van der Waals surface area contributed by atoms with Crippen LogP contribution in [0.4, 0.5) is 5.69 Å². The number of hydrogen-bond acceptors (Lipinski definition) is 8. The smallest absolute Gasteiger partial charge is 0.269 e. The zero-order valence-corrected chi connectivity index (χ0v) is 16.6. The van der Waals surface area contributed by atoms with Crippen molar-refractivity contribution in [1.29, 1.82) is 0 Å². The lowest BCUT2D eigenvalue weighted by Crippen LogP contribution is -2.34. The Morgan fingerprint density at radius 1 is 1.13 bits per heavy atom. The minimum Gasteiger partial charge on any atom is -0.337 e. The molecule has 30 heavy (non-hydrogen) atoms. The fraction of sp³-hybridized carbons (Fsp3) is 0.211. The van der Waals surface area contributed by atoms with Crippen molar-refractivity contribution >= 4 is 21.6 Å². The van der Waals surface area contributed by atoms with Gasteiger partial charge in [0.05, 0.1) is 9.82 Å². The second kappa shape index (κ2) is 7.34. The van der Waals surface area contributed by atoms with E-state index in [-0.39, 0.29) is 35.1 Å². The van der Waals surface area contributed by atoms with Gasteiger partial charge in [0.25, 0.3) is 21.6 Å². The molecular formula is C19H16N4O6S. The molecule has 1 aromatic heterocycles. The summed E-state index contributed by atoms with van der Waals surface area (Å²) in [6, 6.07) is 10.8. The van der Waals surface area contributed by atoms with E-state index in [9.17, 15) is 23.3 Å². The highest BCUT2D eigenvalue weighted by atomic mass is 32.2. The third-order valence-electron chi connectivity index (χ3n) is 4.80. The number of benzene rings is 2. The number of carbonyl (C=O) groups excluding carboxylic acids is 1. The van der Waals surface area contributed by atoms with Gasteiger partial charge in [-0.15, -0.1) is 0 Å². The van der Waals surface area contributed by atoms with Gasteiger partial charge in [-0.1, -0.05) is 22.9 Å². The molecule has 0 spiro atoms. The minimum absolute atomic E-state index is 0.00320. The number of sulfonamides is 1. The van der Waals surface area contributed by atoms with Gasteiger partial charge in [-0.05, 0) is 37.6 Å². The fourth-order valence-electron chi connectivity index (χ4n) is 3.23. The first-order valence-electron chi connectivity index (χ1n) is 9.00. The van der Waals surface area contributed by atoms with E-state index in [0.717, 1.165) is 9.87 Å². The Balaban J connectivity index is 1.66. The number of carbonyl (C=O) groups is 1. The number of rotatable bonds is 5. The minimum atomic E-state index is -4.09. The van der Waals surface area contributed by atoms with Gasteiger partial charge < -0.3 is 4.52 Å². The maximum absolute atomic E-state index is 13.1. The van der Waals surface area contributed by atoms with Crippen LogP contribution >= 0.6 is 0 Å². The molecule has 1 atom stereocenters. The summed E-state index contributed by atoms with van der Waals surface area (Å²) in [5, 5.41) is 14.6. The van der Waals surface area contributed by atoms with Gasteiger partial charge >= 0.3 is 0 Å². The van der Waals surface area contributed by atoms with Crippen molar-refractivity contribution < 1.29 is 22.7 Å². The summed E-state index contributed by atoms with van der Waals surface area (Å²) in [5.41, 5.74) is 1.27. The largest absolute Gasteiger partial charge is 0.337 e. The molecule has 0 bridgehead atoms. The zero-order chi connectivity index (χ0) is 21.5. The van der Waals surface area contributed by atoms with E-state index in [1.54, 1.807) is 12.1 Å². The lowest BCUT2D eigenvalue weighted by molar-refractivity contribution is -0.384. The topological polar surface area (TPSA) is 137 Å². The Kier molecular flexibility index (Phi) is 4.82. The molecule has 0 N–H and O–H groups in total. The maximum Gasteiger partial charge on any atom is 0.269 e. The molecule has 3 aromatic rings. The Bertz CT molecular complexity index is 1220. The van der Waals surface area contributed by atoms with Crippen molar-refractivity contribution in [2.24, 2.45) is 0 Å². The first-order valence-corrected chi connectivity index (χ1v) is 10.4. The normalized spacial score (nSPS) is 16.8. The van der Waals surface area contributed by atoms with Crippen molar-refractivity contribution in [3.63, 3.8) is 0 Å². The SMILES string of the molecule is Cc1ccc(S(=O)(=O)N2C(=O)CC[C@H]2c2nc(-c3ccc([N+](=O)[O-])cc3)no2)cc1. The van der Waals surface area contributed by atoms with Crippen molar-refractivity contribution in [3.8, 4) is 11.4 Å². The van der Waals surface area contributed by atoms with Gasteiger partial charge in [0.15, 0.2) is 0 Å². The molecule has 1 fully saturated rings. The van der Waals surface area contributed by atoms with Crippen LogP contribution < -0.4 is 0 Å². The van der Waals surface area contributed by atoms with Gasteiger partial charge in [0.1, 0.15) is 6.04 Å². The van der Waals surface area contributed by atoms with Crippen LogP contribution in [0, 0.1) is 17.0 Å². The summed E-state index contributed by atoms with van der Waals surface area (Å²) in [5.74, 6) is -0.410. The quantitative estimate of drug-likeness (QED) is 0.447. The van der Waals surface area contributed by atoms with Crippen LogP contribution in [0.25, 0.3) is 11.4 Å². The van der Waals surface area contributed by atoms with Crippen LogP contribution in [0.15, 0.2) is 57.9 Å². The number of aromatic nitrogens is 2. The summed E-state index contributed by atoms with van der Waals surface area (Å²) in [6.45, 7) is 1.83. The number of amides is 1. The van der Waals surface area contributed by atoms with Crippen LogP contribution in [0.5, 0.6) is 0 Å². The fourth-order valence-corrected chi connectivity index (χ4v) is 4.83. The third-order valence-corrected chi connectivity index (χ3v) is 6.65. The highest BCUT2D eigenvalue weighted by Crippen LogP contribution is 2.37. The van der Waals surface area contributed by atoms with E-state index < -0.39 is 26.9 Å². The number of non-ortho nitro benzene ring substituents is 1. The van der Waals surface area contributed by atoms with Crippen LogP contribution in [-0.2, 0) is 14.8 Å². The molecule has 4 rings (SSSR count). The lowest BCUT2D eigenvalue weighted by atomic mass is 10.2. The summed E-state index contributed by atoms with van der Waals surface area (Å²) in [7, 11) is -4.09. The number of aryl methyl sites for hydroxylation is 1. The molecule has 0 saturated carbocycles. The van der Waals surface area contributed by atoms with Crippen molar-refractivity contribution in [2.45, 2.75) is 30.7 Å². The molecule has 10 nitrogen and oxygen atoms in total. The molecule has 1 amide bonds. The average Bonchev–Trinajstić information content (AvgIpc) is 3.35. The predicted molar refractivity (Wildman–Crippen MR) is 104 cm³/mol. The first kappa shape index (κ1) is 19.7. The first-order chi connectivity index (χ1) is 14.3. The van der Waals surface area contributed by atoms with E-state index in [2.05, 4.69) is 10.1 Å². The molecule has 0 unspecified atom stereocenters. The molecule has 1 saturated heterocycles. The Labute approximate surface area is 171 Å². The van der Waals surface area contributed by atoms with Crippen LogP contribution in [0.1, 0.15) is 30.3 Å². The third kappa shape index (κ3) is 3.43. The number of nitro benzene ring substituents is 1. The Hall–Kier alpha value is -3.60.